The molecule has 0 spiro atoms. The Morgan fingerprint density at radius 2 is 2.06 bits per heavy atom. The Morgan fingerprint density at radius 3 is 2.76 bits per heavy atom. The number of nitrogens with two attached hydrogens (primary N) is 1. The van der Waals surface area contributed by atoms with Gasteiger partial charge in [0.05, 0.1) is 5.03 Å². The molecule has 0 amide bonds. The average Bonchev–Trinajstić information content (AvgIpc) is 2.25. The van der Waals surface area contributed by atoms with Gasteiger partial charge in [0.15, 0.2) is 0 Å². The van der Waals surface area contributed by atoms with Crippen molar-refractivity contribution in [3.63, 3.8) is 0 Å². The summed E-state index contributed by atoms with van der Waals surface area (Å²) in [6.07, 6.45) is 1.74. The van der Waals surface area contributed by atoms with Crippen LogP contribution in [0.4, 0.5) is 5.82 Å². The highest BCUT2D eigenvalue weighted by Gasteiger charge is 2.00. The van der Waals surface area contributed by atoms with E-state index in [9.17, 15) is 0 Å². The lowest BCUT2D eigenvalue weighted by Crippen LogP contribution is -1.92. The summed E-state index contributed by atoms with van der Waals surface area (Å²) in [6, 6.07) is 8.05. The van der Waals surface area contributed by atoms with Gasteiger partial charge in [0.1, 0.15) is 5.82 Å². The van der Waals surface area contributed by atoms with Crippen molar-refractivity contribution in [3.05, 3.63) is 47.3 Å². The van der Waals surface area contributed by atoms with Gasteiger partial charge in [-0.1, -0.05) is 0 Å². The molecule has 0 unspecified atom stereocenters. The monoisotopic (exact) mass is 245 g/mol. The molecule has 2 aromatic rings. The first-order valence-corrected chi connectivity index (χ1v) is 6.40. The van der Waals surface area contributed by atoms with Crippen molar-refractivity contribution in [2.75, 3.05) is 5.73 Å². The standard InChI is InChI=1S/C13H15N3S/c1-9-5-10(2)16-13(6-9)17-8-11-3-4-15-12(14)7-11/h3-7H,8H2,1-2H3,(H2,14,15). The van der Waals surface area contributed by atoms with Crippen molar-refractivity contribution in [2.45, 2.75) is 24.6 Å². The lowest BCUT2D eigenvalue weighted by atomic mass is 10.3. The van der Waals surface area contributed by atoms with Gasteiger partial charge in [-0.15, -0.1) is 11.8 Å². The highest BCUT2D eigenvalue weighted by molar-refractivity contribution is 7.98. The number of hydrogen-bond acceptors (Lipinski definition) is 4. The quantitative estimate of drug-likeness (QED) is 0.845. The minimum atomic E-state index is 0.566. The number of nitrogens with zero attached hydrogens (tertiary/aromatic N) is 2. The van der Waals surface area contributed by atoms with Crippen LogP contribution < -0.4 is 5.73 Å². The lowest BCUT2D eigenvalue weighted by molar-refractivity contribution is 1.05. The number of pyridine rings is 2. The van der Waals surface area contributed by atoms with Crippen LogP contribution in [0.5, 0.6) is 0 Å². The molecule has 0 radical (unpaired) electrons. The molecule has 2 N–H and O–H groups in total. The number of rotatable bonds is 3. The molecule has 17 heavy (non-hydrogen) atoms. The minimum absolute atomic E-state index is 0.566. The molecule has 0 saturated heterocycles. The molecular weight excluding hydrogens is 230 g/mol. The minimum Gasteiger partial charge on any atom is -0.384 e. The van der Waals surface area contributed by atoms with E-state index in [2.05, 4.69) is 29.0 Å². The molecule has 0 aliphatic heterocycles. The first-order valence-electron chi connectivity index (χ1n) is 5.42. The fourth-order valence-corrected chi connectivity index (χ4v) is 2.59. The van der Waals surface area contributed by atoms with E-state index in [0.29, 0.717) is 5.82 Å². The maximum absolute atomic E-state index is 5.64. The molecule has 0 atom stereocenters. The van der Waals surface area contributed by atoms with Crippen LogP contribution in [0.25, 0.3) is 0 Å². The van der Waals surface area contributed by atoms with E-state index in [1.165, 1.54) is 11.1 Å². The predicted octanol–water partition coefficient (Wildman–Crippen LogP) is 2.97. The number of hydrogen-bond donors (Lipinski definition) is 1. The molecule has 0 saturated carbocycles. The Balaban J connectivity index is 2.07. The number of aryl methyl sites for hydroxylation is 2. The summed E-state index contributed by atoms with van der Waals surface area (Å²) in [6.45, 7) is 4.10. The molecule has 0 aliphatic rings. The van der Waals surface area contributed by atoms with E-state index in [-0.39, 0.29) is 0 Å². The third-order valence-corrected chi connectivity index (χ3v) is 3.29. The fourth-order valence-electron chi connectivity index (χ4n) is 1.62. The third kappa shape index (κ3) is 3.46. The highest BCUT2D eigenvalue weighted by atomic mass is 32.2. The summed E-state index contributed by atoms with van der Waals surface area (Å²) in [5.74, 6) is 1.43. The second-order valence-electron chi connectivity index (χ2n) is 4.00. The van der Waals surface area contributed by atoms with Crippen molar-refractivity contribution in [1.29, 1.82) is 0 Å². The van der Waals surface area contributed by atoms with Crippen LogP contribution in [-0.4, -0.2) is 9.97 Å². The Kier molecular flexibility index (Phi) is 3.64. The SMILES string of the molecule is Cc1cc(C)nc(SCc2ccnc(N)c2)c1. The van der Waals surface area contributed by atoms with Crippen LogP contribution >= 0.6 is 11.8 Å². The van der Waals surface area contributed by atoms with Gasteiger partial charge in [0.2, 0.25) is 0 Å². The zero-order valence-corrected chi connectivity index (χ0v) is 10.8. The Labute approximate surface area is 105 Å². The smallest absolute Gasteiger partial charge is 0.123 e. The average molecular weight is 245 g/mol. The first kappa shape index (κ1) is 11.9. The van der Waals surface area contributed by atoms with E-state index in [1.54, 1.807) is 18.0 Å². The fraction of sp³-hybridized carbons (Fsp3) is 0.231. The van der Waals surface area contributed by atoms with Gasteiger partial charge >= 0.3 is 0 Å². The molecular formula is C13H15N3S. The molecule has 3 nitrogen and oxygen atoms in total. The van der Waals surface area contributed by atoms with Crippen LogP contribution in [0.3, 0.4) is 0 Å². The van der Waals surface area contributed by atoms with Crippen LogP contribution in [0.1, 0.15) is 16.8 Å². The molecule has 0 bridgehead atoms. The van der Waals surface area contributed by atoms with Gasteiger partial charge in [0.25, 0.3) is 0 Å². The molecule has 0 fully saturated rings. The molecule has 2 rings (SSSR count). The van der Waals surface area contributed by atoms with Crippen LogP contribution in [0, 0.1) is 13.8 Å². The van der Waals surface area contributed by atoms with E-state index in [1.807, 2.05) is 19.1 Å². The topological polar surface area (TPSA) is 51.8 Å². The summed E-state index contributed by atoms with van der Waals surface area (Å²) < 4.78 is 0. The second kappa shape index (κ2) is 5.19. The largest absolute Gasteiger partial charge is 0.384 e. The number of aromatic nitrogens is 2. The van der Waals surface area contributed by atoms with Gasteiger partial charge < -0.3 is 5.73 Å². The maximum Gasteiger partial charge on any atom is 0.123 e. The predicted molar refractivity (Wildman–Crippen MR) is 71.9 cm³/mol. The normalized spacial score (nSPS) is 10.5. The van der Waals surface area contributed by atoms with Gasteiger partial charge in [-0.25, -0.2) is 9.97 Å². The lowest BCUT2D eigenvalue weighted by Gasteiger charge is -2.04. The third-order valence-electron chi connectivity index (χ3n) is 2.31. The summed E-state index contributed by atoms with van der Waals surface area (Å²) in [7, 11) is 0. The van der Waals surface area contributed by atoms with E-state index in [4.69, 9.17) is 5.73 Å². The van der Waals surface area contributed by atoms with Gasteiger partial charge in [-0.3, -0.25) is 0 Å². The maximum atomic E-state index is 5.64. The molecule has 2 heterocycles. The first-order chi connectivity index (χ1) is 8.13. The summed E-state index contributed by atoms with van der Waals surface area (Å²) in [4.78, 5) is 8.46. The van der Waals surface area contributed by atoms with Gasteiger partial charge in [-0.05, 0) is 49.2 Å². The highest BCUT2D eigenvalue weighted by Crippen LogP contribution is 2.22. The summed E-state index contributed by atoms with van der Waals surface area (Å²) >= 11 is 1.72. The number of thioether (sulfide) groups is 1. The van der Waals surface area contributed by atoms with Crippen LogP contribution in [-0.2, 0) is 5.75 Å². The Morgan fingerprint density at radius 1 is 1.24 bits per heavy atom. The van der Waals surface area contributed by atoms with Gasteiger partial charge in [0, 0.05) is 17.6 Å². The number of anilines is 1. The molecule has 0 aromatic carbocycles. The van der Waals surface area contributed by atoms with Crippen molar-refractivity contribution in [3.8, 4) is 0 Å². The molecule has 4 heteroatoms. The van der Waals surface area contributed by atoms with Crippen molar-refractivity contribution in [2.24, 2.45) is 0 Å². The van der Waals surface area contributed by atoms with Crippen LogP contribution in [0.2, 0.25) is 0 Å². The Bertz CT molecular complexity index is 506. The van der Waals surface area contributed by atoms with Gasteiger partial charge in [-0.2, -0.15) is 0 Å². The molecule has 2 aromatic heterocycles. The zero-order valence-electron chi connectivity index (χ0n) is 9.97. The van der Waals surface area contributed by atoms with E-state index >= 15 is 0 Å². The zero-order chi connectivity index (χ0) is 12.3. The number of nitrogen functional groups attached to an aromatic ring is 1. The molecule has 0 aliphatic carbocycles. The van der Waals surface area contributed by atoms with Crippen molar-refractivity contribution >= 4 is 17.6 Å². The molecule has 88 valence electrons. The Hall–Kier alpha value is -1.55. The van der Waals surface area contributed by atoms with E-state index < -0.39 is 0 Å². The summed E-state index contributed by atoms with van der Waals surface area (Å²) in [5, 5.41) is 1.05. The van der Waals surface area contributed by atoms with Crippen LogP contribution in [0.15, 0.2) is 35.5 Å². The van der Waals surface area contributed by atoms with Crippen molar-refractivity contribution in [1.82, 2.24) is 9.97 Å². The van der Waals surface area contributed by atoms with E-state index in [0.717, 1.165) is 16.5 Å². The van der Waals surface area contributed by atoms with Crippen molar-refractivity contribution < 1.29 is 0 Å². The second-order valence-corrected chi connectivity index (χ2v) is 5.00. The summed E-state index contributed by atoms with van der Waals surface area (Å²) in [5.41, 5.74) is 9.11.